The van der Waals surface area contributed by atoms with Crippen molar-refractivity contribution in [1.29, 1.82) is 0 Å². The molecular weight excluding hydrogens is 274 g/mol. The molecule has 2 unspecified atom stereocenters. The fraction of sp³-hybridized carbons (Fsp3) is 0.600. The Morgan fingerprint density at radius 1 is 1.75 bits per heavy atom. The summed E-state index contributed by atoms with van der Waals surface area (Å²) in [5.74, 6) is -0.828. The third-order valence-electron chi connectivity index (χ3n) is 2.73. The van der Waals surface area contributed by atoms with E-state index in [2.05, 4.69) is 26.3 Å². The summed E-state index contributed by atoms with van der Waals surface area (Å²) in [6.07, 6.45) is 5.58. The molecular formula is C10H14BrN3O2. The van der Waals surface area contributed by atoms with Gasteiger partial charge in [-0.1, -0.05) is 0 Å². The van der Waals surface area contributed by atoms with Crippen molar-refractivity contribution in [3.63, 3.8) is 0 Å². The van der Waals surface area contributed by atoms with E-state index >= 15 is 0 Å². The Bertz CT molecular complexity index is 389. The van der Waals surface area contributed by atoms with Gasteiger partial charge in [-0.25, -0.2) is 0 Å². The molecule has 6 heteroatoms. The van der Waals surface area contributed by atoms with E-state index in [-0.39, 0.29) is 6.04 Å². The van der Waals surface area contributed by atoms with Crippen molar-refractivity contribution in [1.82, 2.24) is 15.1 Å². The van der Waals surface area contributed by atoms with Gasteiger partial charge in [0.2, 0.25) is 0 Å². The molecule has 2 N–H and O–H groups in total. The van der Waals surface area contributed by atoms with Crippen molar-refractivity contribution in [2.75, 3.05) is 0 Å². The second kappa shape index (κ2) is 4.55. The normalized spacial score (nSPS) is 19.4. The van der Waals surface area contributed by atoms with Crippen molar-refractivity contribution in [2.45, 2.75) is 37.9 Å². The third-order valence-corrected chi connectivity index (χ3v) is 3.14. The van der Waals surface area contributed by atoms with Gasteiger partial charge in [-0.3, -0.25) is 14.8 Å². The Balaban J connectivity index is 2.09. The largest absolute Gasteiger partial charge is 0.480 e. The van der Waals surface area contributed by atoms with Crippen LogP contribution in [0, 0.1) is 0 Å². The predicted molar refractivity (Wildman–Crippen MR) is 62.2 cm³/mol. The molecule has 1 aromatic heterocycles. The molecule has 1 aromatic rings. The number of carboxylic acid groups (broad SMARTS) is 1. The number of carbonyl (C=O) groups is 1. The van der Waals surface area contributed by atoms with Crippen molar-refractivity contribution >= 4 is 21.9 Å². The molecule has 2 rings (SSSR count). The molecule has 0 aliphatic heterocycles. The number of hydrogen-bond acceptors (Lipinski definition) is 3. The van der Waals surface area contributed by atoms with E-state index in [1.165, 1.54) is 0 Å². The topological polar surface area (TPSA) is 67.2 Å². The Kier molecular flexibility index (Phi) is 3.30. The second-order valence-corrected chi connectivity index (χ2v) is 5.05. The van der Waals surface area contributed by atoms with Crippen LogP contribution in [-0.4, -0.2) is 32.9 Å². The maximum atomic E-state index is 11.2. The molecule has 0 radical (unpaired) electrons. The van der Waals surface area contributed by atoms with Gasteiger partial charge < -0.3 is 5.11 Å². The van der Waals surface area contributed by atoms with E-state index in [4.69, 9.17) is 0 Å². The quantitative estimate of drug-likeness (QED) is 0.859. The van der Waals surface area contributed by atoms with Crippen LogP contribution in [0.3, 0.4) is 0 Å². The SMILES string of the molecule is CC(C(NC1CC1)C(=O)O)n1cc(Br)cn1. The number of nitrogens with zero attached hydrogens (tertiary/aromatic N) is 2. The molecule has 1 fully saturated rings. The molecule has 0 amide bonds. The fourth-order valence-electron chi connectivity index (χ4n) is 1.61. The van der Waals surface area contributed by atoms with E-state index in [0.29, 0.717) is 6.04 Å². The molecule has 1 saturated carbocycles. The highest BCUT2D eigenvalue weighted by Gasteiger charge is 2.32. The molecule has 2 atom stereocenters. The molecule has 16 heavy (non-hydrogen) atoms. The molecule has 0 saturated heterocycles. The van der Waals surface area contributed by atoms with E-state index < -0.39 is 12.0 Å². The number of halogens is 1. The first-order chi connectivity index (χ1) is 7.58. The number of aliphatic carboxylic acids is 1. The van der Waals surface area contributed by atoms with Crippen LogP contribution in [0.15, 0.2) is 16.9 Å². The summed E-state index contributed by atoms with van der Waals surface area (Å²) in [6.45, 7) is 1.85. The number of rotatable bonds is 5. The minimum Gasteiger partial charge on any atom is -0.480 e. The monoisotopic (exact) mass is 287 g/mol. The lowest BCUT2D eigenvalue weighted by Crippen LogP contribution is -2.44. The fourth-order valence-corrected chi connectivity index (χ4v) is 1.91. The maximum Gasteiger partial charge on any atom is 0.322 e. The minimum atomic E-state index is -0.828. The number of aromatic nitrogens is 2. The molecule has 0 spiro atoms. The van der Waals surface area contributed by atoms with Crippen molar-refractivity contribution in [3.8, 4) is 0 Å². The van der Waals surface area contributed by atoms with Gasteiger partial charge in [0.25, 0.3) is 0 Å². The van der Waals surface area contributed by atoms with Crippen molar-refractivity contribution < 1.29 is 9.90 Å². The second-order valence-electron chi connectivity index (χ2n) is 4.14. The predicted octanol–water partition coefficient (Wildman–Crippen LogP) is 1.41. The molecule has 1 aliphatic rings. The number of nitrogens with one attached hydrogen (secondary N) is 1. The lowest BCUT2D eigenvalue weighted by molar-refractivity contribution is -0.140. The van der Waals surface area contributed by atoms with Crippen LogP contribution in [0.25, 0.3) is 0 Å². The first-order valence-corrected chi connectivity index (χ1v) is 6.05. The zero-order chi connectivity index (χ0) is 11.7. The lowest BCUT2D eigenvalue weighted by atomic mass is 10.1. The maximum absolute atomic E-state index is 11.2. The first-order valence-electron chi connectivity index (χ1n) is 5.26. The molecule has 88 valence electrons. The standard InChI is InChI=1S/C10H14BrN3O2/c1-6(14-5-7(11)4-12-14)9(10(15)16)13-8-2-3-8/h4-6,8-9,13H,2-3H2,1H3,(H,15,16). The van der Waals surface area contributed by atoms with Crippen molar-refractivity contribution in [2.24, 2.45) is 0 Å². The highest BCUT2D eigenvalue weighted by Crippen LogP contribution is 2.23. The van der Waals surface area contributed by atoms with Crippen LogP contribution in [0.5, 0.6) is 0 Å². The van der Waals surface area contributed by atoms with E-state index in [1.807, 2.05) is 6.92 Å². The van der Waals surface area contributed by atoms with Gasteiger partial charge in [0, 0.05) is 12.2 Å². The highest BCUT2D eigenvalue weighted by molar-refractivity contribution is 9.10. The Morgan fingerprint density at radius 2 is 2.44 bits per heavy atom. The third kappa shape index (κ3) is 2.62. The average molecular weight is 288 g/mol. The summed E-state index contributed by atoms with van der Waals surface area (Å²) in [4.78, 5) is 11.2. The molecule has 5 nitrogen and oxygen atoms in total. The van der Waals surface area contributed by atoms with Gasteiger partial charge in [-0.2, -0.15) is 5.10 Å². The van der Waals surface area contributed by atoms with Crippen molar-refractivity contribution in [3.05, 3.63) is 16.9 Å². The van der Waals surface area contributed by atoms with Gasteiger partial charge >= 0.3 is 5.97 Å². The number of carboxylic acids is 1. The van der Waals surface area contributed by atoms with Gasteiger partial charge in [0.15, 0.2) is 0 Å². The van der Waals surface area contributed by atoms with Crippen LogP contribution in [-0.2, 0) is 4.79 Å². The van der Waals surface area contributed by atoms with Crippen LogP contribution in [0.4, 0.5) is 0 Å². The first kappa shape index (κ1) is 11.6. The van der Waals surface area contributed by atoms with Crippen LogP contribution >= 0.6 is 15.9 Å². The minimum absolute atomic E-state index is 0.204. The average Bonchev–Trinajstić information content (AvgIpc) is 2.95. The Morgan fingerprint density at radius 3 is 2.88 bits per heavy atom. The summed E-state index contributed by atoms with van der Waals surface area (Å²) in [7, 11) is 0. The summed E-state index contributed by atoms with van der Waals surface area (Å²) in [5.41, 5.74) is 0. The van der Waals surface area contributed by atoms with Crippen LogP contribution in [0.2, 0.25) is 0 Å². The lowest BCUT2D eigenvalue weighted by Gasteiger charge is -2.21. The van der Waals surface area contributed by atoms with E-state index in [9.17, 15) is 9.90 Å². The zero-order valence-corrected chi connectivity index (χ0v) is 10.5. The molecule has 1 heterocycles. The zero-order valence-electron chi connectivity index (χ0n) is 8.93. The van der Waals surface area contributed by atoms with Crippen LogP contribution in [0.1, 0.15) is 25.8 Å². The molecule has 1 aliphatic carbocycles. The summed E-state index contributed by atoms with van der Waals surface area (Å²) >= 11 is 3.30. The molecule has 0 bridgehead atoms. The molecule has 0 aromatic carbocycles. The van der Waals surface area contributed by atoms with Gasteiger partial charge in [-0.15, -0.1) is 0 Å². The van der Waals surface area contributed by atoms with Crippen LogP contribution < -0.4 is 5.32 Å². The highest BCUT2D eigenvalue weighted by atomic mass is 79.9. The summed E-state index contributed by atoms with van der Waals surface area (Å²) in [6, 6.07) is -0.425. The summed E-state index contributed by atoms with van der Waals surface area (Å²) < 4.78 is 2.52. The summed E-state index contributed by atoms with van der Waals surface area (Å²) in [5, 5.41) is 16.4. The van der Waals surface area contributed by atoms with Gasteiger partial charge in [-0.05, 0) is 35.7 Å². The van der Waals surface area contributed by atoms with E-state index in [0.717, 1.165) is 17.3 Å². The Hall–Kier alpha value is -0.880. The van der Waals surface area contributed by atoms with Gasteiger partial charge in [0.05, 0.1) is 16.7 Å². The van der Waals surface area contributed by atoms with E-state index in [1.54, 1.807) is 17.1 Å². The van der Waals surface area contributed by atoms with Gasteiger partial charge in [0.1, 0.15) is 6.04 Å². The number of hydrogen-bond donors (Lipinski definition) is 2. The Labute approximate surface area is 102 Å². The smallest absolute Gasteiger partial charge is 0.322 e.